The summed E-state index contributed by atoms with van der Waals surface area (Å²) in [6.07, 6.45) is 4.36. The molecule has 1 aromatic heterocycles. The Morgan fingerprint density at radius 1 is 1.33 bits per heavy atom. The molecule has 2 aromatic rings. The molecule has 1 unspecified atom stereocenters. The fraction of sp³-hybridized carbons (Fsp3) is 0.333. The number of aliphatic hydroxyl groups is 1. The number of hydrogen-bond acceptors (Lipinski definition) is 2. The zero-order chi connectivity index (χ0) is 13.0. The van der Waals surface area contributed by atoms with E-state index in [9.17, 15) is 5.11 Å². The first kappa shape index (κ1) is 12.7. The Balaban J connectivity index is 2.11. The van der Waals surface area contributed by atoms with Crippen LogP contribution in [0.15, 0.2) is 42.7 Å². The van der Waals surface area contributed by atoms with Gasteiger partial charge in [-0.3, -0.25) is 0 Å². The lowest BCUT2D eigenvalue weighted by atomic mass is 10.1. The molecule has 0 saturated carbocycles. The third kappa shape index (κ3) is 2.93. The number of ether oxygens (including phenoxy) is 1. The van der Waals surface area contributed by atoms with Crippen LogP contribution >= 0.6 is 0 Å². The summed E-state index contributed by atoms with van der Waals surface area (Å²) in [5, 5.41) is 9.76. The molecule has 0 saturated heterocycles. The summed E-state index contributed by atoms with van der Waals surface area (Å²) in [6, 6.07) is 9.98. The van der Waals surface area contributed by atoms with Crippen LogP contribution in [0.25, 0.3) is 0 Å². The van der Waals surface area contributed by atoms with Crippen molar-refractivity contribution in [2.24, 2.45) is 0 Å². The lowest BCUT2D eigenvalue weighted by molar-refractivity contribution is 0.173. The van der Waals surface area contributed by atoms with Gasteiger partial charge in [-0.2, -0.15) is 0 Å². The second-order valence-corrected chi connectivity index (χ2v) is 4.39. The van der Waals surface area contributed by atoms with Crippen molar-refractivity contribution in [1.82, 2.24) is 4.57 Å². The fourth-order valence-electron chi connectivity index (χ4n) is 1.97. The molecule has 0 aliphatic rings. The monoisotopic (exact) mass is 245 g/mol. The van der Waals surface area contributed by atoms with Crippen LogP contribution in [0.5, 0.6) is 5.75 Å². The van der Waals surface area contributed by atoms with E-state index in [1.165, 1.54) is 5.56 Å². The number of aliphatic hydroxyl groups excluding tert-OH is 1. The van der Waals surface area contributed by atoms with Crippen molar-refractivity contribution in [2.45, 2.75) is 26.0 Å². The summed E-state index contributed by atoms with van der Waals surface area (Å²) < 4.78 is 7.28. The molecule has 3 nitrogen and oxygen atoms in total. The van der Waals surface area contributed by atoms with Gasteiger partial charge in [-0.05, 0) is 35.7 Å². The Bertz CT molecular complexity index is 505. The Kier molecular flexibility index (Phi) is 4.05. The highest BCUT2D eigenvalue weighted by atomic mass is 16.5. The molecule has 0 amide bonds. The van der Waals surface area contributed by atoms with E-state index in [1.54, 1.807) is 7.11 Å². The van der Waals surface area contributed by atoms with Crippen LogP contribution in [0.4, 0.5) is 0 Å². The van der Waals surface area contributed by atoms with E-state index in [4.69, 9.17) is 4.74 Å². The first-order valence-electron chi connectivity index (χ1n) is 6.19. The molecule has 0 aliphatic heterocycles. The second kappa shape index (κ2) is 5.74. The van der Waals surface area contributed by atoms with Gasteiger partial charge in [-0.1, -0.05) is 19.1 Å². The van der Waals surface area contributed by atoms with E-state index in [-0.39, 0.29) is 6.10 Å². The van der Waals surface area contributed by atoms with Crippen molar-refractivity contribution in [3.63, 3.8) is 0 Å². The van der Waals surface area contributed by atoms with E-state index in [1.807, 2.05) is 43.6 Å². The predicted octanol–water partition coefficient (Wildman–Crippen LogP) is 2.99. The standard InChI is InChI=1S/C15H19NO2/c1-3-15(17)13-7-8-16(11-13)10-12-5-4-6-14(9-12)18-2/h4-9,11,15,17H,3,10H2,1-2H3. The van der Waals surface area contributed by atoms with Gasteiger partial charge in [0.15, 0.2) is 0 Å². The minimum atomic E-state index is -0.364. The summed E-state index contributed by atoms with van der Waals surface area (Å²) in [5.74, 6) is 0.869. The number of nitrogens with zero attached hydrogens (tertiary/aromatic N) is 1. The van der Waals surface area contributed by atoms with Gasteiger partial charge >= 0.3 is 0 Å². The van der Waals surface area contributed by atoms with Crippen molar-refractivity contribution < 1.29 is 9.84 Å². The minimum absolute atomic E-state index is 0.364. The SMILES string of the molecule is CCC(O)c1ccn(Cc2cccc(OC)c2)c1. The first-order valence-corrected chi connectivity index (χ1v) is 6.19. The third-order valence-corrected chi connectivity index (χ3v) is 3.04. The number of methoxy groups -OCH3 is 1. The van der Waals surface area contributed by atoms with Crippen molar-refractivity contribution in [2.75, 3.05) is 7.11 Å². The zero-order valence-electron chi connectivity index (χ0n) is 10.8. The summed E-state index contributed by atoms with van der Waals surface area (Å²) in [7, 11) is 1.67. The molecule has 18 heavy (non-hydrogen) atoms. The predicted molar refractivity (Wildman–Crippen MR) is 71.8 cm³/mol. The first-order chi connectivity index (χ1) is 8.72. The van der Waals surface area contributed by atoms with Gasteiger partial charge in [-0.25, -0.2) is 0 Å². The summed E-state index contributed by atoms with van der Waals surface area (Å²) >= 11 is 0. The molecule has 0 fully saturated rings. The van der Waals surface area contributed by atoms with E-state index in [0.29, 0.717) is 0 Å². The van der Waals surface area contributed by atoms with Crippen LogP contribution < -0.4 is 4.74 Å². The Morgan fingerprint density at radius 3 is 2.89 bits per heavy atom. The van der Waals surface area contributed by atoms with Crippen molar-refractivity contribution in [1.29, 1.82) is 0 Å². The molecule has 96 valence electrons. The quantitative estimate of drug-likeness (QED) is 0.878. The highest BCUT2D eigenvalue weighted by molar-refractivity contribution is 5.29. The highest BCUT2D eigenvalue weighted by Gasteiger charge is 2.06. The van der Waals surface area contributed by atoms with Gasteiger partial charge in [-0.15, -0.1) is 0 Å². The molecular weight excluding hydrogens is 226 g/mol. The molecule has 1 atom stereocenters. The largest absolute Gasteiger partial charge is 0.497 e. The van der Waals surface area contributed by atoms with Gasteiger partial charge in [0.1, 0.15) is 5.75 Å². The smallest absolute Gasteiger partial charge is 0.119 e. The van der Waals surface area contributed by atoms with Crippen molar-refractivity contribution in [3.8, 4) is 5.75 Å². The second-order valence-electron chi connectivity index (χ2n) is 4.39. The normalized spacial score (nSPS) is 12.4. The van der Waals surface area contributed by atoms with Crippen LogP contribution in [0.3, 0.4) is 0 Å². The van der Waals surface area contributed by atoms with Crippen LogP contribution in [-0.2, 0) is 6.54 Å². The molecule has 2 rings (SSSR count). The minimum Gasteiger partial charge on any atom is -0.497 e. The lowest BCUT2D eigenvalue weighted by Gasteiger charge is -2.06. The Labute approximate surface area is 108 Å². The maximum Gasteiger partial charge on any atom is 0.119 e. The van der Waals surface area contributed by atoms with E-state index < -0.39 is 0 Å². The summed E-state index contributed by atoms with van der Waals surface area (Å²) in [6.45, 7) is 2.76. The molecule has 1 heterocycles. The van der Waals surface area contributed by atoms with E-state index in [2.05, 4.69) is 10.6 Å². The number of rotatable bonds is 5. The van der Waals surface area contributed by atoms with Gasteiger partial charge in [0.25, 0.3) is 0 Å². The van der Waals surface area contributed by atoms with Crippen LogP contribution in [0.1, 0.15) is 30.6 Å². The van der Waals surface area contributed by atoms with Gasteiger partial charge in [0.05, 0.1) is 13.2 Å². The number of aromatic nitrogens is 1. The van der Waals surface area contributed by atoms with Crippen molar-refractivity contribution in [3.05, 3.63) is 53.9 Å². The zero-order valence-corrected chi connectivity index (χ0v) is 10.8. The third-order valence-electron chi connectivity index (χ3n) is 3.04. The molecule has 1 N–H and O–H groups in total. The molecule has 0 spiro atoms. The highest BCUT2D eigenvalue weighted by Crippen LogP contribution is 2.18. The fourth-order valence-corrected chi connectivity index (χ4v) is 1.97. The molecule has 1 aromatic carbocycles. The molecule has 0 bridgehead atoms. The number of hydrogen-bond donors (Lipinski definition) is 1. The van der Waals surface area contributed by atoms with Gasteiger partial charge in [0, 0.05) is 18.9 Å². The Hall–Kier alpha value is -1.74. The van der Waals surface area contributed by atoms with E-state index >= 15 is 0 Å². The van der Waals surface area contributed by atoms with Crippen LogP contribution in [0.2, 0.25) is 0 Å². The van der Waals surface area contributed by atoms with Crippen LogP contribution in [-0.4, -0.2) is 16.8 Å². The maximum atomic E-state index is 9.76. The van der Waals surface area contributed by atoms with Gasteiger partial charge in [0.2, 0.25) is 0 Å². The number of benzene rings is 1. The van der Waals surface area contributed by atoms with Crippen molar-refractivity contribution >= 4 is 0 Å². The average molecular weight is 245 g/mol. The summed E-state index contributed by atoms with van der Waals surface area (Å²) in [4.78, 5) is 0. The molecule has 0 aliphatic carbocycles. The van der Waals surface area contributed by atoms with Crippen LogP contribution in [0, 0.1) is 0 Å². The molecular formula is C15H19NO2. The molecule has 0 radical (unpaired) electrons. The maximum absolute atomic E-state index is 9.76. The van der Waals surface area contributed by atoms with Gasteiger partial charge < -0.3 is 14.4 Å². The van der Waals surface area contributed by atoms with E-state index in [0.717, 1.165) is 24.3 Å². The topological polar surface area (TPSA) is 34.4 Å². The Morgan fingerprint density at radius 2 is 2.17 bits per heavy atom. The summed E-state index contributed by atoms with van der Waals surface area (Å²) in [5.41, 5.74) is 2.16. The molecule has 3 heteroatoms. The lowest BCUT2D eigenvalue weighted by Crippen LogP contribution is -1.98. The average Bonchev–Trinajstić information content (AvgIpc) is 2.86.